The van der Waals surface area contributed by atoms with Gasteiger partial charge in [-0.2, -0.15) is 4.98 Å². The average molecular weight is 313 g/mol. The predicted octanol–water partition coefficient (Wildman–Crippen LogP) is 4.20. The van der Waals surface area contributed by atoms with Crippen LogP contribution < -0.4 is 15.5 Å². The SMILES string of the molecule is CCCCCNc1cc(C)nc(Nc2ccc(N(C)C)cc2)n1. The lowest BCUT2D eigenvalue weighted by atomic mass is 10.2. The summed E-state index contributed by atoms with van der Waals surface area (Å²) in [6, 6.07) is 10.2. The molecule has 0 radical (unpaired) electrons. The largest absolute Gasteiger partial charge is 0.378 e. The van der Waals surface area contributed by atoms with Gasteiger partial charge in [-0.3, -0.25) is 0 Å². The molecule has 0 atom stereocenters. The van der Waals surface area contributed by atoms with Crippen molar-refractivity contribution in [3.8, 4) is 0 Å². The van der Waals surface area contributed by atoms with E-state index in [2.05, 4.69) is 44.6 Å². The summed E-state index contributed by atoms with van der Waals surface area (Å²) in [4.78, 5) is 11.1. The van der Waals surface area contributed by atoms with E-state index in [4.69, 9.17) is 0 Å². The van der Waals surface area contributed by atoms with Crippen molar-refractivity contribution in [2.45, 2.75) is 33.1 Å². The van der Waals surface area contributed by atoms with Gasteiger partial charge in [-0.05, 0) is 37.6 Å². The molecule has 0 bridgehead atoms. The number of aryl methyl sites for hydroxylation is 1. The van der Waals surface area contributed by atoms with Gasteiger partial charge in [0.15, 0.2) is 0 Å². The van der Waals surface area contributed by atoms with Crippen LogP contribution in [0.15, 0.2) is 30.3 Å². The number of nitrogens with zero attached hydrogens (tertiary/aromatic N) is 3. The zero-order valence-electron chi connectivity index (χ0n) is 14.6. The third kappa shape index (κ3) is 5.43. The van der Waals surface area contributed by atoms with Crippen LogP contribution in [0.3, 0.4) is 0 Å². The summed E-state index contributed by atoms with van der Waals surface area (Å²) in [6.07, 6.45) is 3.62. The Bertz CT molecular complexity index is 607. The minimum absolute atomic E-state index is 0.626. The first-order valence-electron chi connectivity index (χ1n) is 8.22. The molecule has 5 heteroatoms. The summed E-state index contributed by atoms with van der Waals surface area (Å²) in [5, 5.41) is 6.64. The Kier molecular flexibility index (Phi) is 6.20. The van der Waals surface area contributed by atoms with Crippen LogP contribution >= 0.6 is 0 Å². The molecular weight excluding hydrogens is 286 g/mol. The van der Waals surface area contributed by atoms with Crippen LogP contribution in [0.25, 0.3) is 0 Å². The predicted molar refractivity (Wildman–Crippen MR) is 98.8 cm³/mol. The topological polar surface area (TPSA) is 53.1 Å². The molecule has 2 rings (SSSR count). The molecule has 1 heterocycles. The minimum atomic E-state index is 0.626. The van der Waals surface area contributed by atoms with Gasteiger partial charge in [0.25, 0.3) is 0 Å². The van der Waals surface area contributed by atoms with E-state index in [0.717, 1.165) is 30.2 Å². The molecule has 0 saturated heterocycles. The monoisotopic (exact) mass is 313 g/mol. The van der Waals surface area contributed by atoms with Crippen molar-refractivity contribution in [3.63, 3.8) is 0 Å². The zero-order valence-corrected chi connectivity index (χ0v) is 14.6. The van der Waals surface area contributed by atoms with Gasteiger partial charge in [-0.1, -0.05) is 19.8 Å². The molecule has 0 aliphatic carbocycles. The Labute approximate surface area is 139 Å². The molecule has 0 amide bonds. The summed E-state index contributed by atoms with van der Waals surface area (Å²) >= 11 is 0. The number of rotatable bonds is 8. The van der Waals surface area contributed by atoms with Crippen molar-refractivity contribution in [2.24, 2.45) is 0 Å². The molecule has 5 nitrogen and oxygen atoms in total. The highest BCUT2D eigenvalue weighted by atomic mass is 15.1. The maximum Gasteiger partial charge on any atom is 0.229 e. The van der Waals surface area contributed by atoms with Gasteiger partial charge >= 0.3 is 0 Å². The van der Waals surface area contributed by atoms with Gasteiger partial charge in [-0.25, -0.2) is 4.98 Å². The van der Waals surface area contributed by atoms with Crippen molar-refractivity contribution >= 4 is 23.1 Å². The molecule has 1 aromatic carbocycles. The molecule has 2 N–H and O–H groups in total. The van der Waals surface area contributed by atoms with Crippen LogP contribution in [0.2, 0.25) is 0 Å². The van der Waals surface area contributed by atoms with Gasteiger partial charge in [-0.15, -0.1) is 0 Å². The van der Waals surface area contributed by atoms with Crippen molar-refractivity contribution < 1.29 is 0 Å². The fourth-order valence-electron chi connectivity index (χ4n) is 2.28. The maximum atomic E-state index is 4.54. The lowest BCUT2D eigenvalue weighted by molar-refractivity contribution is 0.742. The summed E-state index contributed by atoms with van der Waals surface area (Å²) in [5.41, 5.74) is 3.10. The number of unbranched alkanes of at least 4 members (excludes halogenated alkanes) is 2. The van der Waals surface area contributed by atoms with Crippen LogP contribution in [0.5, 0.6) is 0 Å². The molecular formula is C18H27N5. The normalized spacial score (nSPS) is 10.4. The molecule has 124 valence electrons. The van der Waals surface area contributed by atoms with E-state index >= 15 is 0 Å². The van der Waals surface area contributed by atoms with Crippen molar-refractivity contribution in [3.05, 3.63) is 36.0 Å². The molecule has 2 aromatic rings. The zero-order chi connectivity index (χ0) is 16.7. The van der Waals surface area contributed by atoms with Crippen molar-refractivity contribution in [2.75, 3.05) is 36.2 Å². The van der Waals surface area contributed by atoms with Crippen molar-refractivity contribution in [1.29, 1.82) is 0 Å². The number of benzene rings is 1. The lowest BCUT2D eigenvalue weighted by Crippen LogP contribution is -2.08. The Morgan fingerprint density at radius 1 is 1.04 bits per heavy atom. The second-order valence-corrected chi connectivity index (χ2v) is 5.92. The number of aromatic nitrogens is 2. The average Bonchev–Trinajstić information content (AvgIpc) is 2.51. The first-order chi connectivity index (χ1) is 11.1. The summed E-state index contributed by atoms with van der Waals surface area (Å²) in [5.74, 6) is 1.50. The van der Waals surface area contributed by atoms with E-state index in [-0.39, 0.29) is 0 Å². The van der Waals surface area contributed by atoms with E-state index < -0.39 is 0 Å². The van der Waals surface area contributed by atoms with Crippen LogP contribution in [0, 0.1) is 6.92 Å². The Morgan fingerprint density at radius 2 is 1.78 bits per heavy atom. The molecule has 0 spiro atoms. The Hall–Kier alpha value is -2.30. The molecule has 0 saturated carbocycles. The molecule has 0 unspecified atom stereocenters. The molecule has 1 aromatic heterocycles. The van der Waals surface area contributed by atoms with Crippen LogP contribution in [-0.2, 0) is 0 Å². The van der Waals surface area contributed by atoms with Crippen molar-refractivity contribution in [1.82, 2.24) is 9.97 Å². The van der Waals surface area contributed by atoms with E-state index in [0.29, 0.717) is 5.95 Å². The highest BCUT2D eigenvalue weighted by Crippen LogP contribution is 2.19. The second-order valence-electron chi connectivity index (χ2n) is 5.92. The fraction of sp³-hybridized carbons (Fsp3) is 0.444. The first kappa shape index (κ1) is 17.1. The summed E-state index contributed by atoms with van der Waals surface area (Å²) in [7, 11) is 4.06. The van der Waals surface area contributed by atoms with E-state index in [9.17, 15) is 0 Å². The van der Waals surface area contributed by atoms with Crippen LogP contribution in [0.4, 0.5) is 23.1 Å². The smallest absolute Gasteiger partial charge is 0.229 e. The highest BCUT2D eigenvalue weighted by Gasteiger charge is 2.03. The first-order valence-corrected chi connectivity index (χ1v) is 8.22. The quantitative estimate of drug-likeness (QED) is 0.715. The van der Waals surface area contributed by atoms with Gasteiger partial charge in [0.05, 0.1) is 0 Å². The second kappa shape index (κ2) is 8.36. The number of nitrogens with one attached hydrogen (secondary N) is 2. The minimum Gasteiger partial charge on any atom is -0.378 e. The third-order valence-corrected chi connectivity index (χ3v) is 3.58. The number of hydrogen-bond acceptors (Lipinski definition) is 5. The fourth-order valence-corrected chi connectivity index (χ4v) is 2.28. The summed E-state index contributed by atoms with van der Waals surface area (Å²) in [6.45, 7) is 5.14. The molecule has 23 heavy (non-hydrogen) atoms. The van der Waals surface area contributed by atoms with Gasteiger partial charge in [0.2, 0.25) is 5.95 Å². The van der Waals surface area contributed by atoms with Gasteiger partial charge < -0.3 is 15.5 Å². The van der Waals surface area contributed by atoms with E-state index in [1.54, 1.807) is 0 Å². The molecule has 0 fully saturated rings. The Morgan fingerprint density at radius 3 is 2.43 bits per heavy atom. The summed E-state index contributed by atoms with van der Waals surface area (Å²) < 4.78 is 0. The van der Waals surface area contributed by atoms with Gasteiger partial charge in [0, 0.05) is 43.8 Å². The third-order valence-electron chi connectivity index (χ3n) is 3.58. The van der Waals surface area contributed by atoms with Crippen LogP contribution in [-0.4, -0.2) is 30.6 Å². The number of hydrogen-bond donors (Lipinski definition) is 2. The lowest BCUT2D eigenvalue weighted by Gasteiger charge is -2.13. The van der Waals surface area contributed by atoms with Crippen LogP contribution in [0.1, 0.15) is 31.9 Å². The van der Waals surface area contributed by atoms with Gasteiger partial charge in [0.1, 0.15) is 5.82 Å². The number of anilines is 4. The molecule has 0 aliphatic rings. The molecule has 0 aliphatic heterocycles. The standard InChI is InChI=1S/C18H27N5/c1-5-6-7-12-19-17-13-14(2)20-18(22-17)21-15-8-10-16(11-9-15)23(3)4/h8-11,13H,5-7,12H2,1-4H3,(H2,19,20,21,22). The Balaban J connectivity index is 2.02. The van der Waals surface area contributed by atoms with E-state index in [1.807, 2.05) is 39.2 Å². The van der Waals surface area contributed by atoms with E-state index in [1.165, 1.54) is 18.5 Å². The highest BCUT2D eigenvalue weighted by molar-refractivity contribution is 5.59. The maximum absolute atomic E-state index is 4.54.